The highest BCUT2D eigenvalue weighted by atomic mass is 32.1. The zero-order valence-corrected chi connectivity index (χ0v) is 13.4. The molecule has 1 aliphatic rings. The minimum absolute atomic E-state index is 0.223. The number of thiophene rings is 1. The zero-order valence-electron chi connectivity index (χ0n) is 12.6. The van der Waals surface area contributed by atoms with Gasteiger partial charge in [-0.1, -0.05) is 12.1 Å². The van der Waals surface area contributed by atoms with Gasteiger partial charge in [-0.15, -0.1) is 11.3 Å². The number of hydrogen-bond donors (Lipinski definition) is 0. The highest BCUT2D eigenvalue weighted by Crippen LogP contribution is 2.33. The van der Waals surface area contributed by atoms with E-state index in [-0.39, 0.29) is 12.6 Å². The summed E-state index contributed by atoms with van der Waals surface area (Å²) in [6.07, 6.45) is 3.21. The maximum absolute atomic E-state index is 12.3. The number of nitrogens with zero attached hydrogens (tertiary/aromatic N) is 1. The average molecular weight is 305 g/mol. The highest BCUT2D eigenvalue weighted by Gasteiger charge is 2.24. The van der Waals surface area contributed by atoms with Crippen molar-refractivity contribution in [2.75, 3.05) is 0 Å². The van der Waals surface area contributed by atoms with Crippen LogP contribution in [0.25, 0.3) is 0 Å². The molecule has 0 unspecified atom stereocenters. The smallest absolute Gasteiger partial charge is 0.339 e. The van der Waals surface area contributed by atoms with Crippen molar-refractivity contribution in [1.29, 1.82) is 0 Å². The standard InChI is InChI=1S/C16H19NO3S/c1-9-4-5-12-14(8-21-15(12)6-9)16(18)19-7-13-10(2)17-20-11(13)3/h8-9H,4-7H2,1-3H3/t9-/m0/s1. The molecule has 2 aromatic heterocycles. The third-order valence-corrected chi connectivity index (χ3v) is 5.20. The van der Waals surface area contributed by atoms with Crippen LogP contribution in [-0.4, -0.2) is 11.1 Å². The first-order valence-corrected chi connectivity index (χ1v) is 8.12. The summed E-state index contributed by atoms with van der Waals surface area (Å²) in [6, 6.07) is 0. The summed E-state index contributed by atoms with van der Waals surface area (Å²) in [6.45, 7) is 6.17. The van der Waals surface area contributed by atoms with Gasteiger partial charge in [0.2, 0.25) is 0 Å². The lowest BCUT2D eigenvalue weighted by Gasteiger charge is -2.18. The number of rotatable bonds is 3. The topological polar surface area (TPSA) is 52.3 Å². The number of esters is 1. The molecule has 0 saturated carbocycles. The van der Waals surface area contributed by atoms with Crippen LogP contribution in [0.4, 0.5) is 0 Å². The summed E-state index contributed by atoms with van der Waals surface area (Å²) in [5.41, 5.74) is 3.58. The van der Waals surface area contributed by atoms with E-state index in [1.807, 2.05) is 19.2 Å². The van der Waals surface area contributed by atoms with Gasteiger partial charge in [-0.25, -0.2) is 4.79 Å². The van der Waals surface area contributed by atoms with Crippen molar-refractivity contribution in [2.45, 2.75) is 46.6 Å². The van der Waals surface area contributed by atoms with Gasteiger partial charge in [0.05, 0.1) is 16.8 Å². The Labute approximate surface area is 128 Å². The maximum Gasteiger partial charge on any atom is 0.339 e. The first-order chi connectivity index (χ1) is 10.1. The van der Waals surface area contributed by atoms with Crippen molar-refractivity contribution in [3.8, 4) is 0 Å². The number of ether oxygens (including phenoxy) is 1. The Morgan fingerprint density at radius 3 is 3.05 bits per heavy atom. The van der Waals surface area contributed by atoms with Crippen molar-refractivity contribution in [1.82, 2.24) is 5.16 Å². The fourth-order valence-electron chi connectivity index (χ4n) is 2.77. The van der Waals surface area contributed by atoms with E-state index in [1.54, 1.807) is 11.3 Å². The lowest BCUT2D eigenvalue weighted by atomic mass is 9.88. The van der Waals surface area contributed by atoms with Gasteiger partial charge in [0, 0.05) is 10.3 Å². The van der Waals surface area contributed by atoms with Crippen LogP contribution in [0.5, 0.6) is 0 Å². The largest absolute Gasteiger partial charge is 0.457 e. The number of carbonyl (C=O) groups is 1. The first-order valence-electron chi connectivity index (χ1n) is 7.24. The molecule has 5 heteroatoms. The normalized spacial score (nSPS) is 17.6. The Balaban J connectivity index is 1.72. The summed E-state index contributed by atoms with van der Waals surface area (Å²) in [5, 5.41) is 5.81. The molecule has 0 aromatic carbocycles. The van der Waals surface area contributed by atoms with Crippen molar-refractivity contribution in [2.24, 2.45) is 5.92 Å². The van der Waals surface area contributed by atoms with E-state index in [4.69, 9.17) is 9.26 Å². The van der Waals surface area contributed by atoms with Crippen LogP contribution in [0.3, 0.4) is 0 Å². The zero-order chi connectivity index (χ0) is 15.0. The lowest BCUT2D eigenvalue weighted by Crippen LogP contribution is -2.13. The summed E-state index contributed by atoms with van der Waals surface area (Å²) in [7, 11) is 0. The van der Waals surface area contributed by atoms with E-state index in [0.717, 1.165) is 36.1 Å². The predicted octanol–water partition coefficient (Wildman–Crippen LogP) is 3.83. The van der Waals surface area contributed by atoms with Gasteiger partial charge in [0.15, 0.2) is 0 Å². The number of hydrogen-bond acceptors (Lipinski definition) is 5. The molecule has 0 bridgehead atoms. The second-order valence-corrected chi connectivity index (χ2v) is 6.74. The van der Waals surface area contributed by atoms with Crippen LogP contribution in [0.15, 0.2) is 9.90 Å². The summed E-state index contributed by atoms with van der Waals surface area (Å²) in [5.74, 6) is 1.19. The molecular weight excluding hydrogens is 286 g/mol. The second kappa shape index (κ2) is 5.64. The Bertz CT molecular complexity index is 652. The molecule has 0 amide bonds. The molecule has 0 N–H and O–H groups in total. The Morgan fingerprint density at radius 2 is 2.33 bits per heavy atom. The number of fused-ring (bicyclic) bond motifs is 1. The third-order valence-electron chi connectivity index (χ3n) is 4.15. The molecule has 112 valence electrons. The van der Waals surface area contributed by atoms with Crippen molar-refractivity contribution in [3.05, 3.63) is 38.4 Å². The first kappa shape index (κ1) is 14.3. The molecule has 4 nitrogen and oxygen atoms in total. The van der Waals surface area contributed by atoms with Gasteiger partial charge in [0.25, 0.3) is 0 Å². The highest BCUT2D eigenvalue weighted by molar-refractivity contribution is 7.10. The number of aryl methyl sites for hydroxylation is 2. The summed E-state index contributed by atoms with van der Waals surface area (Å²) in [4.78, 5) is 13.7. The van der Waals surface area contributed by atoms with Crippen molar-refractivity contribution >= 4 is 17.3 Å². The quantitative estimate of drug-likeness (QED) is 0.809. The van der Waals surface area contributed by atoms with Crippen LogP contribution in [0.2, 0.25) is 0 Å². The Morgan fingerprint density at radius 1 is 1.52 bits per heavy atom. The van der Waals surface area contributed by atoms with Gasteiger partial charge < -0.3 is 9.26 Å². The van der Waals surface area contributed by atoms with E-state index >= 15 is 0 Å². The van der Waals surface area contributed by atoms with Crippen molar-refractivity contribution in [3.63, 3.8) is 0 Å². The van der Waals surface area contributed by atoms with Crippen LogP contribution in [0, 0.1) is 19.8 Å². The fourth-order valence-corrected chi connectivity index (χ4v) is 4.01. The summed E-state index contributed by atoms with van der Waals surface area (Å²) >= 11 is 1.68. The van der Waals surface area contributed by atoms with E-state index in [0.29, 0.717) is 11.7 Å². The lowest BCUT2D eigenvalue weighted by molar-refractivity contribution is 0.0470. The number of carbonyl (C=O) groups excluding carboxylic acids is 1. The minimum atomic E-state index is -0.234. The van der Waals surface area contributed by atoms with Crippen molar-refractivity contribution < 1.29 is 14.1 Å². The molecule has 2 aromatic rings. The SMILES string of the molecule is Cc1noc(C)c1COC(=O)c1csc2c1CC[C@H](C)C2. The van der Waals surface area contributed by atoms with Gasteiger partial charge in [-0.05, 0) is 44.6 Å². The molecule has 21 heavy (non-hydrogen) atoms. The van der Waals surface area contributed by atoms with Crippen LogP contribution in [-0.2, 0) is 24.2 Å². The van der Waals surface area contributed by atoms with E-state index in [9.17, 15) is 4.79 Å². The molecule has 3 rings (SSSR count). The molecule has 0 saturated heterocycles. The average Bonchev–Trinajstić information content (AvgIpc) is 3.00. The maximum atomic E-state index is 12.3. The molecule has 0 spiro atoms. The third kappa shape index (κ3) is 2.75. The van der Waals surface area contributed by atoms with E-state index in [1.165, 1.54) is 10.4 Å². The van der Waals surface area contributed by atoms with Crippen LogP contribution < -0.4 is 0 Å². The molecule has 2 heterocycles. The molecule has 1 atom stereocenters. The van der Waals surface area contributed by atoms with Gasteiger partial charge >= 0.3 is 5.97 Å². The second-order valence-electron chi connectivity index (χ2n) is 5.78. The summed E-state index contributed by atoms with van der Waals surface area (Å²) < 4.78 is 10.5. The number of aromatic nitrogens is 1. The Kier molecular flexibility index (Phi) is 3.85. The molecule has 0 aliphatic heterocycles. The fraction of sp³-hybridized carbons (Fsp3) is 0.500. The monoisotopic (exact) mass is 305 g/mol. The van der Waals surface area contributed by atoms with E-state index in [2.05, 4.69) is 12.1 Å². The van der Waals surface area contributed by atoms with Crippen LogP contribution in [0.1, 0.15) is 51.2 Å². The van der Waals surface area contributed by atoms with Gasteiger partial charge in [-0.2, -0.15) is 0 Å². The molecule has 0 fully saturated rings. The molecular formula is C16H19NO3S. The molecule has 1 aliphatic carbocycles. The minimum Gasteiger partial charge on any atom is -0.457 e. The van der Waals surface area contributed by atoms with Gasteiger partial charge in [0.1, 0.15) is 12.4 Å². The Hall–Kier alpha value is -1.62. The van der Waals surface area contributed by atoms with Crippen LogP contribution >= 0.6 is 11.3 Å². The van der Waals surface area contributed by atoms with Gasteiger partial charge in [-0.3, -0.25) is 0 Å². The molecule has 0 radical (unpaired) electrons. The van der Waals surface area contributed by atoms with E-state index < -0.39 is 0 Å². The predicted molar refractivity (Wildman–Crippen MR) is 80.6 cm³/mol.